The fourth-order valence-electron chi connectivity index (χ4n) is 2.24. The average Bonchev–Trinajstić information content (AvgIpc) is 2.46. The van der Waals surface area contributed by atoms with Gasteiger partial charge in [-0.05, 0) is 43.8 Å². The lowest BCUT2D eigenvalue weighted by atomic mass is 10.1. The average molecular weight is 282 g/mol. The molecule has 0 radical (unpaired) electrons. The monoisotopic (exact) mass is 282 g/mol. The van der Waals surface area contributed by atoms with Gasteiger partial charge in [-0.15, -0.1) is 0 Å². The molecule has 3 nitrogen and oxygen atoms in total. The second-order valence-corrected chi connectivity index (χ2v) is 5.47. The van der Waals surface area contributed by atoms with Gasteiger partial charge in [-0.2, -0.15) is 0 Å². The van der Waals surface area contributed by atoms with Crippen LogP contribution in [0.25, 0.3) is 0 Å². The molecule has 2 aromatic carbocycles. The van der Waals surface area contributed by atoms with Crippen LogP contribution in [0.4, 0.5) is 5.69 Å². The van der Waals surface area contributed by atoms with Crippen LogP contribution in [0.2, 0.25) is 0 Å². The van der Waals surface area contributed by atoms with Gasteiger partial charge in [0.1, 0.15) is 0 Å². The number of nitrogens with one attached hydrogen (secondary N) is 1. The van der Waals surface area contributed by atoms with E-state index in [2.05, 4.69) is 16.3 Å². The highest BCUT2D eigenvalue weighted by Crippen LogP contribution is 2.12. The summed E-state index contributed by atoms with van der Waals surface area (Å²) in [5, 5.41) is 2.97. The first kappa shape index (κ1) is 15.3. The summed E-state index contributed by atoms with van der Waals surface area (Å²) in [7, 11) is 4.07. The molecule has 2 rings (SSSR count). The number of aryl methyl sites for hydroxylation is 1. The lowest BCUT2D eigenvalue weighted by Crippen LogP contribution is -2.14. The number of nitrogens with zero attached hydrogens (tertiary/aromatic N) is 1. The van der Waals surface area contributed by atoms with Crippen LogP contribution in [-0.4, -0.2) is 24.9 Å². The molecular formula is C18H22N2O. The maximum atomic E-state index is 12.0. The van der Waals surface area contributed by atoms with Gasteiger partial charge in [-0.3, -0.25) is 4.79 Å². The molecule has 0 atom stereocenters. The van der Waals surface area contributed by atoms with Crippen LogP contribution >= 0.6 is 0 Å². The highest BCUT2D eigenvalue weighted by atomic mass is 16.1. The first-order valence-corrected chi connectivity index (χ1v) is 7.21. The Labute approximate surface area is 126 Å². The summed E-state index contributed by atoms with van der Waals surface area (Å²) in [6.07, 6.45) is 1.27. The molecule has 0 aliphatic heterocycles. The summed E-state index contributed by atoms with van der Waals surface area (Å²) in [6.45, 7) is 0.869. The second-order valence-electron chi connectivity index (χ2n) is 5.47. The number of hydrogen-bond acceptors (Lipinski definition) is 2. The molecule has 0 bridgehead atoms. The highest BCUT2D eigenvalue weighted by Gasteiger charge is 2.04. The largest absolute Gasteiger partial charge is 0.326 e. The van der Waals surface area contributed by atoms with Gasteiger partial charge < -0.3 is 10.2 Å². The third kappa shape index (κ3) is 5.40. The smallest absolute Gasteiger partial charge is 0.224 e. The summed E-state index contributed by atoms with van der Waals surface area (Å²) in [6, 6.07) is 18.1. The minimum Gasteiger partial charge on any atom is -0.326 e. The normalized spacial score (nSPS) is 10.6. The SMILES string of the molecule is CN(C)Cc1cccc(NC(=O)CCc2ccccc2)c1. The lowest BCUT2D eigenvalue weighted by molar-refractivity contribution is -0.116. The van der Waals surface area contributed by atoms with E-state index in [0.29, 0.717) is 6.42 Å². The predicted molar refractivity (Wildman–Crippen MR) is 87.2 cm³/mol. The van der Waals surface area contributed by atoms with Crippen molar-refractivity contribution in [3.8, 4) is 0 Å². The summed E-state index contributed by atoms with van der Waals surface area (Å²) < 4.78 is 0. The second kappa shape index (κ2) is 7.60. The predicted octanol–water partition coefficient (Wildman–Crippen LogP) is 3.32. The van der Waals surface area contributed by atoms with Crippen LogP contribution in [-0.2, 0) is 17.8 Å². The quantitative estimate of drug-likeness (QED) is 0.881. The van der Waals surface area contributed by atoms with Crippen molar-refractivity contribution >= 4 is 11.6 Å². The van der Waals surface area contributed by atoms with Gasteiger partial charge in [0, 0.05) is 18.7 Å². The maximum absolute atomic E-state index is 12.0. The van der Waals surface area contributed by atoms with Crippen LogP contribution in [0.15, 0.2) is 54.6 Å². The highest BCUT2D eigenvalue weighted by molar-refractivity contribution is 5.90. The topological polar surface area (TPSA) is 32.3 Å². The molecule has 110 valence electrons. The van der Waals surface area contributed by atoms with Gasteiger partial charge in [-0.25, -0.2) is 0 Å². The first-order valence-electron chi connectivity index (χ1n) is 7.21. The fourth-order valence-corrected chi connectivity index (χ4v) is 2.24. The Hall–Kier alpha value is -2.13. The van der Waals surface area contributed by atoms with Crippen LogP contribution in [0.3, 0.4) is 0 Å². The summed E-state index contributed by atoms with van der Waals surface area (Å²) in [5.74, 6) is 0.0563. The van der Waals surface area contributed by atoms with E-state index in [1.165, 1.54) is 11.1 Å². The molecule has 0 saturated carbocycles. The lowest BCUT2D eigenvalue weighted by Gasteiger charge is -2.11. The van der Waals surface area contributed by atoms with E-state index in [9.17, 15) is 4.79 Å². The van der Waals surface area contributed by atoms with Crippen LogP contribution in [0.5, 0.6) is 0 Å². The minimum atomic E-state index is 0.0563. The van der Waals surface area contributed by atoms with Gasteiger partial charge in [0.2, 0.25) is 5.91 Å². The molecule has 3 heteroatoms. The van der Waals surface area contributed by atoms with Gasteiger partial charge in [0.25, 0.3) is 0 Å². The third-order valence-corrected chi connectivity index (χ3v) is 3.19. The Morgan fingerprint density at radius 1 is 1.00 bits per heavy atom. The summed E-state index contributed by atoms with van der Waals surface area (Å²) >= 11 is 0. The molecule has 1 N–H and O–H groups in total. The molecule has 0 fully saturated rings. The molecule has 0 heterocycles. The molecule has 0 spiro atoms. The number of carbonyl (C=O) groups is 1. The third-order valence-electron chi connectivity index (χ3n) is 3.19. The van der Waals surface area contributed by atoms with Crippen molar-refractivity contribution in [2.75, 3.05) is 19.4 Å². The van der Waals surface area contributed by atoms with Crippen molar-refractivity contribution < 1.29 is 4.79 Å². The Morgan fingerprint density at radius 2 is 1.71 bits per heavy atom. The molecular weight excluding hydrogens is 260 g/mol. The minimum absolute atomic E-state index is 0.0563. The zero-order chi connectivity index (χ0) is 15.1. The van der Waals surface area contributed by atoms with Crippen molar-refractivity contribution in [2.45, 2.75) is 19.4 Å². The van der Waals surface area contributed by atoms with E-state index in [1.807, 2.05) is 62.6 Å². The molecule has 0 saturated heterocycles. The molecule has 0 aliphatic carbocycles. The Morgan fingerprint density at radius 3 is 2.43 bits per heavy atom. The van der Waals surface area contributed by atoms with E-state index in [1.54, 1.807) is 0 Å². The zero-order valence-electron chi connectivity index (χ0n) is 12.7. The molecule has 0 aromatic heterocycles. The number of carbonyl (C=O) groups excluding carboxylic acids is 1. The first-order chi connectivity index (χ1) is 10.1. The molecule has 0 aliphatic rings. The van der Waals surface area contributed by atoms with Crippen molar-refractivity contribution in [1.82, 2.24) is 4.90 Å². The van der Waals surface area contributed by atoms with E-state index in [-0.39, 0.29) is 5.91 Å². The fraction of sp³-hybridized carbons (Fsp3) is 0.278. The molecule has 1 amide bonds. The Kier molecular flexibility index (Phi) is 5.52. The van der Waals surface area contributed by atoms with Crippen LogP contribution in [0, 0.1) is 0 Å². The van der Waals surface area contributed by atoms with E-state index >= 15 is 0 Å². The summed E-state index contributed by atoms with van der Waals surface area (Å²) in [5.41, 5.74) is 3.25. The Balaban J connectivity index is 1.87. The molecule has 2 aromatic rings. The van der Waals surface area contributed by atoms with Crippen molar-refractivity contribution in [1.29, 1.82) is 0 Å². The summed E-state index contributed by atoms with van der Waals surface area (Å²) in [4.78, 5) is 14.1. The van der Waals surface area contributed by atoms with E-state index in [4.69, 9.17) is 0 Å². The number of hydrogen-bond donors (Lipinski definition) is 1. The van der Waals surface area contributed by atoms with Crippen molar-refractivity contribution in [2.24, 2.45) is 0 Å². The molecule has 21 heavy (non-hydrogen) atoms. The molecule has 0 unspecified atom stereocenters. The number of anilines is 1. The van der Waals surface area contributed by atoms with Gasteiger partial charge in [0.15, 0.2) is 0 Å². The van der Waals surface area contributed by atoms with Gasteiger partial charge >= 0.3 is 0 Å². The van der Waals surface area contributed by atoms with Crippen LogP contribution in [0.1, 0.15) is 17.5 Å². The van der Waals surface area contributed by atoms with Gasteiger partial charge in [-0.1, -0.05) is 42.5 Å². The standard InChI is InChI=1S/C18H22N2O/c1-20(2)14-16-9-6-10-17(13-16)19-18(21)12-11-15-7-4-3-5-8-15/h3-10,13H,11-12,14H2,1-2H3,(H,19,21). The number of benzene rings is 2. The zero-order valence-corrected chi connectivity index (χ0v) is 12.7. The Bertz CT molecular complexity index is 579. The van der Waals surface area contributed by atoms with E-state index < -0.39 is 0 Å². The van der Waals surface area contributed by atoms with Gasteiger partial charge in [0.05, 0.1) is 0 Å². The van der Waals surface area contributed by atoms with Crippen LogP contribution < -0.4 is 5.32 Å². The van der Waals surface area contributed by atoms with Crippen molar-refractivity contribution in [3.05, 3.63) is 65.7 Å². The van der Waals surface area contributed by atoms with Crippen molar-refractivity contribution in [3.63, 3.8) is 0 Å². The maximum Gasteiger partial charge on any atom is 0.224 e. The number of amides is 1. The number of rotatable bonds is 6. The van der Waals surface area contributed by atoms with E-state index in [0.717, 1.165) is 18.7 Å².